The van der Waals surface area contributed by atoms with Crippen LogP contribution >= 0.6 is 0 Å². The first-order valence-corrected chi connectivity index (χ1v) is 6.93. The summed E-state index contributed by atoms with van der Waals surface area (Å²) in [6.45, 7) is 7.05. The lowest BCUT2D eigenvalue weighted by atomic mass is 10.1. The molecule has 0 radical (unpaired) electrons. The van der Waals surface area contributed by atoms with Crippen molar-refractivity contribution in [2.45, 2.75) is 27.3 Å². The van der Waals surface area contributed by atoms with Crippen molar-refractivity contribution in [1.82, 2.24) is 0 Å². The zero-order valence-corrected chi connectivity index (χ0v) is 12.2. The number of hydrogen-bond donors (Lipinski definition) is 1. The number of aryl methyl sites for hydroxylation is 3. The molecule has 2 aromatic carbocycles. The molecule has 1 heterocycles. The first-order chi connectivity index (χ1) is 9.65. The molecular weight excluding hydrogens is 246 g/mol. The van der Waals surface area contributed by atoms with E-state index in [0.717, 1.165) is 17.9 Å². The van der Waals surface area contributed by atoms with Crippen molar-refractivity contribution in [2.24, 2.45) is 0 Å². The summed E-state index contributed by atoms with van der Waals surface area (Å²) in [5, 5.41) is 4.73. The summed E-state index contributed by atoms with van der Waals surface area (Å²) in [4.78, 5) is 0. The molecule has 0 unspecified atom stereocenters. The third-order valence-corrected chi connectivity index (χ3v) is 3.75. The molecule has 0 aliphatic rings. The van der Waals surface area contributed by atoms with Crippen LogP contribution in [0.5, 0.6) is 0 Å². The van der Waals surface area contributed by atoms with E-state index in [4.69, 9.17) is 4.42 Å². The smallest absolute Gasteiger partial charge is 0.134 e. The van der Waals surface area contributed by atoms with Gasteiger partial charge in [-0.05, 0) is 44.0 Å². The van der Waals surface area contributed by atoms with Crippen LogP contribution in [0.4, 0.5) is 5.69 Å². The molecule has 0 saturated heterocycles. The van der Waals surface area contributed by atoms with Gasteiger partial charge >= 0.3 is 0 Å². The highest BCUT2D eigenvalue weighted by atomic mass is 16.3. The molecule has 2 nitrogen and oxygen atoms in total. The largest absolute Gasteiger partial charge is 0.461 e. The van der Waals surface area contributed by atoms with Gasteiger partial charge in [0.1, 0.15) is 11.3 Å². The second-order valence-corrected chi connectivity index (χ2v) is 5.30. The van der Waals surface area contributed by atoms with E-state index >= 15 is 0 Å². The third kappa shape index (κ3) is 2.29. The van der Waals surface area contributed by atoms with Crippen molar-refractivity contribution in [2.75, 3.05) is 5.32 Å². The molecule has 1 aromatic heterocycles. The van der Waals surface area contributed by atoms with Crippen LogP contribution < -0.4 is 5.32 Å². The molecule has 20 heavy (non-hydrogen) atoms. The average molecular weight is 265 g/mol. The summed E-state index contributed by atoms with van der Waals surface area (Å²) < 4.78 is 5.80. The molecule has 102 valence electrons. The summed E-state index contributed by atoms with van der Waals surface area (Å²) in [6.07, 6.45) is 0. The van der Waals surface area contributed by atoms with Crippen LogP contribution in [0.25, 0.3) is 11.0 Å². The Morgan fingerprint density at radius 1 is 1.00 bits per heavy atom. The molecule has 0 amide bonds. The molecule has 0 fully saturated rings. The number of nitrogens with one attached hydrogen (secondary N) is 1. The van der Waals surface area contributed by atoms with Crippen LogP contribution in [0, 0.1) is 20.8 Å². The van der Waals surface area contributed by atoms with E-state index < -0.39 is 0 Å². The highest BCUT2D eigenvalue weighted by molar-refractivity contribution is 5.82. The van der Waals surface area contributed by atoms with E-state index in [9.17, 15) is 0 Å². The van der Waals surface area contributed by atoms with Gasteiger partial charge in [-0.3, -0.25) is 0 Å². The fourth-order valence-electron chi connectivity index (χ4n) is 2.55. The Kier molecular flexibility index (Phi) is 3.23. The van der Waals surface area contributed by atoms with Gasteiger partial charge in [0, 0.05) is 23.2 Å². The number of rotatable bonds is 3. The number of hydrogen-bond acceptors (Lipinski definition) is 2. The van der Waals surface area contributed by atoms with Gasteiger partial charge in [0.25, 0.3) is 0 Å². The summed E-state index contributed by atoms with van der Waals surface area (Å²) in [6, 6.07) is 14.7. The monoisotopic (exact) mass is 265 g/mol. The summed E-state index contributed by atoms with van der Waals surface area (Å²) in [5.41, 5.74) is 5.92. The van der Waals surface area contributed by atoms with Gasteiger partial charge < -0.3 is 9.73 Å². The predicted molar refractivity (Wildman–Crippen MR) is 84.2 cm³/mol. The minimum atomic E-state index is 0.785. The number of para-hydroxylation sites is 1. The Morgan fingerprint density at radius 3 is 2.65 bits per heavy atom. The maximum absolute atomic E-state index is 5.80. The molecule has 0 saturated carbocycles. The quantitative estimate of drug-likeness (QED) is 0.723. The highest BCUT2D eigenvalue weighted by Crippen LogP contribution is 2.26. The lowest BCUT2D eigenvalue weighted by Crippen LogP contribution is -2.02. The molecule has 0 aliphatic carbocycles. The summed E-state index contributed by atoms with van der Waals surface area (Å²) in [5.74, 6) is 0.990. The summed E-state index contributed by atoms with van der Waals surface area (Å²) in [7, 11) is 0. The Morgan fingerprint density at radius 2 is 1.80 bits per heavy atom. The van der Waals surface area contributed by atoms with Gasteiger partial charge in [-0.15, -0.1) is 0 Å². The predicted octanol–water partition coefficient (Wildman–Crippen LogP) is 4.97. The molecular formula is C18H19NO. The van der Waals surface area contributed by atoms with E-state index in [1.807, 2.05) is 19.1 Å². The molecule has 3 rings (SSSR count). The van der Waals surface area contributed by atoms with Gasteiger partial charge in [-0.1, -0.05) is 30.3 Å². The van der Waals surface area contributed by atoms with E-state index in [0.29, 0.717) is 0 Å². The second-order valence-electron chi connectivity index (χ2n) is 5.30. The SMILES string of the molecule is Cc1ccc(C)c(NCc2c(C)oc3ccccc23)c1. The maximum Gasteiger partial charge on any atom is 0.134 e. The van der Waals surface area contributed by atoms with Gasteiger partial charge in [0.2, 0.25) is 0 Å². The molecule has 1 N–H and O–H groups in total. The van der Waals surface area contributed by atoms with Crippen LogP contribution in [0.1, 0.15) is 22.5 Å². The standard InChI is InChI=1S/C18H19NO/c1-12-8-9-13(2)17(10-12)19-11-16-14(3)20-18-7-5-4-6-15(16)18/h4-10,19H,11H2,1-3H3. The molecule has 0 atom stereocenters. The van der Waals surface area contributed by atoms with Crippen LogP contribution in [0.15, 0.2) is 46.9 Å². The molecule has 3 aromatic rings. The Hall–Kier alpha value is -2.22. The first kappa shape index (κ1) is 12.8. The van der Waals surface area contributed by atoms with Crippen molar-refractivity contribution in [3.05, 3.63) is 64.9 Å². The lowest BCUT2D eigenvalue weighted by Gasteiger charge is -2.10. The lowest BCUT2D eigenvalue weighted by molar-refractivity contribution is 0.573. The van der Waals surface area contributed by atoms with Gasteiger partial charge in [0.15, 0.2) is 0 Å². The fraction of sp³-hybridized carbons (Fsp3) is 0.222. The van der Waals surface area contributed by atoms with Crippen LogP contribution in [0.3, 0.4) is 0 Å². The van der Waals surface area contributed by atoms with Crippen molar-refractivity contribution < 1.29 is 4.42 Å². The van der Waals surface area contributed by atoms with E-state index in [-0.39, 0.29) is 0 Å². The molecule has 0 spiro atoms. The Balaban J connectivity index is 1.90. The number of furan rings is 1. The van der Waals surface area contributed by atoms with E-state index in [1.165, 1.54) is 27.8 Å². The van der Waals surface area contributed by atoms with Gasteiger partial charge in [0.05, 0.1) is 0 Å². The second kappa shape index (κ2) is 5.04. The zero-order valence-electron chi connectivity index (χ0n) is 12.2. The summed E-state index contributed by atoms with van der Waals surface area (Å²) >= 11 is 0. The average Bonchev–Trinajstić information content (AvgIpc) is 2.75. The highest BCUT2D eigenvalue weighted by Gasteiger charge is 2.10. The first-order valence-electron chi connectivity index (χ1n) is 6.93. The van der Waals surface area contributed by atoms with Crippen LogP contribution in [0.2, 0.25) is 0 Å². The normalized spacial score (nSPS) is 10.9. The van der Waals surface area contributed by atoms with E-state index in [2.05, 4.69) is 49.5 Å². The number of fused-ring (bicyclic) bond motifs is 1. The molecule has 0 aliphatic heterocycles. The minimum Gasteiger partial charge on any atom is -0.461 e. The Bertz CT molecular complexity index is 755. The molecule has 0 bridgehead atoms. The topological polar surface area (TPSA) is 25.2 Å². The van der Waals surface area contributed by atoms with Crippen molar-refractivity contribution in [3.8, 4) is 0 Å². The van der Waals surface area contributed by atoms with Crippen molar-refractivity contribution in [3.63, 3.8) is 0 Å². The number of anilines is 1. The third-order valence-electron chi connectivity index (χ3n) is 3.75. The maximum atomic E-state index is 5.80. The zero-order chi connectivity index (χ0) is 14.1. The fourth-order valence-corrected chi connectivity index (χ4v) is 2.55. The van der Waals surface area contributed by atoms with Crippen molar-refractivity contribution >= 4 is 16.7 Å². The van der Waals surface area contributed by atoms with Crippen LogP contribution in [-0.4, -0.2) is 0 Å². The van der Waals surface area contributed by atoms with Crippen LogP contribution in [-0.2, 0) is 6.54 Å². The minimum absolute atomic E-state index is 0.785. The van der Waals surface area contributed by atoms with Crippen molar-refractivity contribution in [1.29, 1.82) is 0 Å². The van der Waals surface area contributed by atoms with E-state index in [1.54, 1.807) is 0 Å². The Labute approximate surface area is 119 Å². The number of benzene rings is 2. The van der Waals surface area contributed by atoms with Gasteiger partial charge in [-0.2, -0.15) is 0 Å². The molecule has 2 heteroatoms. The van der Waals surface area contributed by atoms with Gasteiger partial charge in [-0.25, -0.2) is 0 Å².